The summed E-state index contributed by atoms with van der Waals surface area (Å²) in [7, 11) is -3.40. The van der Waals surface area contributed by atoms with Crippen molar-refractivity contribution in [2.24, 2.45) is 5.41 Å². The Bertz CT molecular complexity index is 681. The Morgan fingerprint density at radius 2 is 1.71 bits per heavy atom. The molecule has 1 heterocycles. The molecule has 1 aromatic carbocycles. The number of halogens is 1. The molecule has 0 bridgehead atoms. The van der Waals surface area contributed by atoms with Crippen LogP contribution >= 0.6 is 11.6 Å². The molecule has 0 radical (unpaired) electrons. The number of hydrogen-bond acceptors (Lipinski definition) is 3. The normalized spacial score (nSPS) is 17.6. The van der Waals surface area contributed by atoms with Crippen molar-refractivity contribution in [3.63, 3.8) is 0 Å². The highest BCUT2D eigenvalue weighted by Crippen LogP contribution is 2.20. The van der Waals surface area contributed by atoms with E-state index in [0.29, 0.717) is 43.2 Å². The van der Waals surface area contributed by atoms with E-state index in [0.717, 1.165) is 0 Å². The molecule has 2 rings (SSSR count). The second-order valence-corrected chi connectivity index (χ2v) is 9.58. The third-order valence-electron chi connectivity index (χ3n) is 4.04. The first-order valence-corrected chi connectivity index (χ1v) is 10.1. The van der Waals surface area contributed by atoms with Crippen LogP contribution in [0.2, 0.25) is 5.02 Å². The van der Waals surface area contributed by atoms with Gasteiger partial charge >= 0.3 is 0 Å². The van der Waals surface area contributed by atoms with Crippen LogP contribution in [0.3, 0.4) is 0 Å². The highest BCUT2D eigenvalue weighted by Gasteiger charge is 2.31. The Morgan fingerprint density at radius 3 is 2.29 bits per heavy atom. The molecule has 1 fully saturated rings. The van der Waals surface area contributed by atoms with Gasteiger partial charge < -0.3 is 4.90 Å². The van der Waals surface area contributed by atoms with Gasteiger partial charge in [-0.15, -0.1) is 0 Å². The zero-order chi connectivity index (χ0) is 18.0. The molecule has 134 valence electrons. The highest BCUT2D eigenvalue weighted by atomic mass is 35.5. The van der Waals surface area contributed by atoms with Crippen LogP contribution in [0.5, 0.6) is 0 Å². The monoisotopic (exact) mass is 372 g/mol. The predicted molar refractivity (Wildman–Crippen MR) is 96.3 cm³/mol. The van der Waals surface area contributed by atoms with Crippen molar-refractivity contribution in [3.05, 3.63) is 34.9 Å². The first-order valence-electron chi connectivity index (χ1n) is 8.11. The van der Waals surface area contributed by atoms with Crippen molar-refractivity contribution in [1.29, 1.82) is 0 Å². The zero-order valence-corrected chi connectivity index (χ0v) is 16.0. The third kappa shape index (κ3) is 4.94. The summed E-state index contributed by atoms with van der Waals surface area (Å²) in [6, 6.07) is 6.84. The van der Waals surface area contributed by atoms with E-state index in [2.05, 4.69) is 0 Å². The van der Waals surface area contributed by atoms with Crippen molar-refractivity contribution in [3.8, 4) is 0 Å². The minimum atomic E-state index is -3.40. The van der Waals surface area contributed by atoms with Crippen LogP contribution in [-0.4, -0.2) is 49.7 Å². The average Bonchev–Trinajstić information content (AvgIpc) is 2.74. The number of sulfonamides is 1. The Kier molecular flexibility index (Phi) is 5.94. The maximum atomic E-state index is 12.7. The number of hydrogen-bond donors (Lipinski definition) is 0. The lowest BCUT2D eigenvalue weighted by Gasteiger charge is -2.28. The van der Waals surface area contributed by atoms with Gasteiger partial charge in [-0.1, -0.05) is 44.5 Å². The summed E-state index contributed by atoms with van der Waals surface area (Å²) in [4.78, 5) is 14.2. The van der Waals surface area contributed by atoms with Crippen molar-refractivity contribution in [1.82, 2.24) is 9.21 Å². The number of benzene rings is 1. The fourth-order valence-electron chi connectivity index (χ4n) is 2.73. The Labute approximate surface area is 149 Å². The predicted octanol–water partition coefficient (Wildman–Crippen LogP) is 2.75. The van der Waals surface area contributed by atoms with Crippen LogP contribution in [0.1, 0.15) is 32.8 Å². The molecule has 1 aromatic rings. The van der Waals surface area contributed by atoms with E-state index in [9.17, 15) is 13.2 Å². The van der Waals surface area contributed by atoms with Crippen LogP contribution in [0, 0.1) is 5.41 Å². The first kappa shape index (κ1) is 19.2. The first-order chi connectivity index (χ1) is 11.1. The van der Waals surface area contributed by atoms with Gasteiger partial charge in [0, 0.05) is 36.6 Å². The van der Waals surface area contributed by atoms with Gasteiger partial charge in [-0.2, -0.15) is 4.31 Å². The Hall–Kier alpha value is -1.11. The van der Waals surface area contributed by atoms with Crippen LogP contribution in [0.25, 0.3) is 0 Å². The van der Waals surface area contributed by atoms with Crippen LogP contribution in [0.15, 0.2) is 24.3 Å². The van der Waals surface area contributed by atoms with E-state index in [4.69, 9.17) is 11.6 Å². The van der Waals surface area contributed by atoms with E-state index in [1.807, 2.05) is 20.8 Å². The summed E-state index contributed by atoms with van der Waals surface area (Å²) in [6.07, 6.45) is 0.654. The summed E-state index contributed by atoms with van der Waals surface area (Å²) >= 11 is 5.84. The molecule has 0 saturated carbocycles. The maximum absolute atomic E-state index is 12.7. The maximum Gasteiger partial charge on any atom is 0.227 e. The highest BCUT2D eigenvalue weighted by molar-refractivity contribution is 7.88. The van der Waals surface area contributed by atoms with E-state index in [1.54, 1.807) is 29.2 Å². The van der Waals surface area contributed by atoms with Gasteiger partial charge in [0.15, 0.2) is 0 Å². The molecule has 7 heteroatoms. The van der Waals surface area contributed by atoms with E-state index < -0.39 is 15.4 Å². The van der Waals surface area contributed by atoms with Crippen LogP contribution in [-0.2, 0) is 20.6 Å². The molecule has 0 unspecified atom stereocenters. The summed E-state index contributed by atoms with van der Waals surface area (Å²) in [6.45, 7) is 7.49. The van der Waals surface area contributed by atoms with Gasteiger partial charge in [-0.3, -0.25) is 4.79 Å². The average molecular weight is 373 g/mol. The lowest BCUT2D eigenvalue weighted by molar-refractivity contribution is -0.139. The van der Waals surface area contributed by atoms with Gasteiger partial charge in [-0.25, -0.2) is 8.42 Å². The summed E-state index contributed by atoms with van der Waals surface area (Å²) in [5, 5.41) is 0.585. The minimum absolute atomic E-state index is 0.0443. The van der Waals surface area contributed by atoms with Crippen LogP contribution < -0.4 is 0 Å². The quantitative estimate of drug-likeness (QED) is 0.819. The molecular formula is C17H25ClN2O3S. The SMILES string of the molecule is CC(C)(C)C(=O)N1CCCN(S(=O)(=O)Cc2ccc(Cl)cc2)CC1. The molecule has 0 spiro atoms. The molecule has 0 aromatic heterocycles. The van der Waals surface area contributed by atoms with Crippen molar-refractivity contribution >= 4 is 27.5 Å². The standard InChI is InChI=1S/C17H25ClN2O3S/c1-17(2,3)16(21)19-9-4-10-20(12-11-19)24(22,23)13-14-5-7-15(18)8-6-14/h5-8H,4,9-13H2,1-3H3. The molecule has 0 aliphatic carbocycles. The lowest BCUT2D eigenvalue weighted by Crippen LogP contribution is -2.42. The Morgan fingerprint density at radius 1 is 1.08 bits per heavy atom. The summed E-state index contributed by atoms with van der Waals surface area (Å²) in [5.74, 6) is 0.0247. The molecular weight excluding hydrogens is 348 g/mol. The largest absolute Gasteiger partial charge is 0.341 e. The molecule has 0 atom stereocenters. The minimum Gasteiger partial charge on any atom is -0.341 e. The second-order valence-electron chi connectivity index (χ2n) is 7.18. The molecule has 1 amide bonds. The van der Waals surface area contributed by atoms with Crippen molar-refractivity contribution < 1.29 is 13.2 Å². The lowest BCUT2D eigenvalue weighted by atomic mass is 9.94. The molecule has 1 aliphatic heterocycles. The molecule has 1 saturated heterocycles. The number of carbonyl (C=O) groups excluding carboxylic acids is 1. The smallest absolute Gasteiger partial charge is 0.227 e. The second kappa shape index (κ2) is 7.42. The number of rotatable bonds is 3. The zero-order valence-electron chi connectivity index (χ0n) is 14.5. The number of carbonyl (C=O) groups is 1. The molecule has 24 heavy (non-hydrogen) atoms. The third-order valence-corrected chi connectivity index (χ3v) is 6.14. The fraction of sp³-hybridized carbons (Fsp3) is 0.588. The van der Waals surface area contributed by atoms with Gasteiger partial charge in [0.2, 0.25) is 15.9 Å². The van der Waals surface area contributed by atoms with Gasteiger partial charge in [0.05, 0.1) is 5.75 Å². The summed E-state index contributed by atoms with van der Waals surface area (Å²) < 4.78 is 26.8. The topological polar surface area (TPSA) is 57.7 Å². The van der Waals surface area contributed by atoms with E-state index in [1.165, 1.54) is 4.31 Å². The number of amides is 1. The van der Waals surface area contributed by atoms with Gasteiger partial charge in [0.1, 0.15) is 0 Å². The molecule has 1 aliphatic rings. The molecule has 5 nitrogen and oxygen atoms in total. The summed E-state index contributed by atoms with van der Waals surface area (Å²) in [5.41, 5.74) is 0.267. The van der Waals surface area contributed by atoms with Crippen LogP contribution in [0.4, 0.5) is 0 Å². The number of nitrogens with zero attached hydrogens (tertiary/aromatic N) is 2. The van der Waals surface area contributed by atoms with E-state index >= 15 is 0 Å². The van der Waals surface area contributed by atoms with Crippen molar-refractivity contribution in [2.45, 2.75) is 32.9 Å². The van der Waals surface area contributed by atoms with E-state index in [-0.39, 0.29) is 11.7 Å². The van der Waals surface area contributed by atoms with Crippen molar-refractivity contribution in [2.75, 3.05) is 26.2 Å². The Balaban J connectivity index is 2.04. The molecule has 0 N–H and O–H groups in total. The van der Waals surface area contributed by atoms with Gasteiger partial charge in [-0.05, 0) is 24.1 Å². The fourth-order valence-corrected chi connectivity index (χ4v) is 4.42. The van der Waals surface area contributed by atoms with Gasteiger partial charge in [0.25, 0.3) is 0 Å².